The molecule has 1 fully saturated rings. The van der Waals surface area contributed by atoms with E-state index in [4.69, 9.17) is 16.7 Å². The molecule has 1 aliphatic rings. The van der Waals surface area contributed by atoms with Crippen molar-refractivity contribution < 1.29 is 5.11 Å². The SMILES string of the molecule is Cc1ccc(Nc2cc(C3CC3)nc(NCCCO)n2)cc1Cl. The van der Waals surface area contributed by atoms with Gasteiger partial charge in [-0.3, -0.25) is 0 Å². The Hall–Kier alpha value is -1.85. The maximum Gasteiger partial charge on any atom is 0.224 e. The summed E-state index contributed by atoms with van der Waals surface area (Å²) in [6.07, 6.45) is 3.04. The van der Waals surface area contributed by atoms with Crippen molar-refractivity contribution in [2.24, 2.45) is 0 Å². The van der Waals surface area contributed by atoms with Gasteiger partial charge in [-0.25, -0.2) is 4.98 Å². The standard InChI is InChI=1S/C17H21ClN4O/c1-11-3-6-13(9-14(11)18)20-16-10-15(12-4-5-12)21-17(22-16)19-7-2-8-23/h3,6,9-10,12,23H,2,4-5,7-8H2,1H3,(H2,19,20,21,22). The van der Waals surface area contributed by atoms with Gasteiger partial charge in [-0.1, -0.05) is 17.7 Å². The number of aromatic nitrogens is 2. The van der Waals surface area contributed by atoms with Crippen LogP contribution in [0.1, 0.15) is 36.4 Å². The lowest BCUT2D eigenvalue weighted by molar-refractivity contribution is 0.292. The van der Waals surface area contributed by atoms with Gasteiger partial charge in [-0.05, 0) is 43.9 Å². The number of anilines is 3. The molecule has 122 valence electrons. The third kappa shape index (κ3) is 4.33. The normalized spacial score (nSPS) is 13.9. The van der Waals surface area contributed by atoms with Gasteiger partial charge in [-0.15, -0.1) is 0 Å². The van der Waals surface area contributed by atoms with E-state index in [0.717, 1.165) is 27.8 Å². The Balaban J connectivity index is 1.80. The Kier molecular flexibility index (Phi) is 4.98. The number of rotatable bonds is 7. The van der Waals surface area contributed by atoms with E-state index in [1.807, 2.05) is 31.2 Å². The molecule has 0 unspecified atom stereocenters. The van der Waals surface area contributed by atoms with Gasteiger partial charge < -0.3 is 15.7 Å². The molecule has 0 bridgehead atoms. The first-order valence-electron chi connectivity index (χ1n) is 7.92. The number of nitrogens with zero attached hydrogens (tertiary/aromatic N) is 2. The second-order valence-corrected chi connectivity index (χ2v) is 6.28. The number of aliphatic hydroxyl groups excluding tert-OH is 1. The maximum absolute atomic E-state index is 8.89. The maximum atomic E-state index is 8.89. The van der Waals surface area contributed by atoms with Crippen LogP contribution in [-0.4, -0.2) is 28.2 Å². The van der Waals surface area contributed by atoms with E-state index in [1.54, 1.807) is 0 Å². The summed E-state index contributed by atoms with van der Waals surface area (Å²) in [7, 11) is 0. The fourth-order valence-corrected chi connectivity index (χ4v) is 2.48. The van der Waals surface area contributed by atoms with E-state index in [2.05, 4.69) is 20.6 Å². The van der Waals surface area contributed by atoms with Gasteiger partial charge in [0.15, 0.2) is 0 Å². The van der Waals surface area contributed by atoms with E-state index in [-0.39, 0.29) is 6.61 Å². The van der Waals surface area contributed by atoms with Gasteiger partial charge in [0.05, 0.1) is 5.69 Å². The van der Waals surface area contributed by atoms with Crippen LogP contribution in [0.3, 0.4) is 0 Å². The Labute approximate surface area is 141 Å². The lowest BCUT2D eigenvalue weighted by Crippen LogP contribution is -2.09. The highest BCUT2D eigenvalue weighted by molar-refractivity contribution is 6.31. The first-order valence-corrected chi connectivity index (χ1v) is 8.30. The van der Waals surface area contributed by atoms with Crippen LogP contribution < -0.4 is 10.6 Å². The Morgan fingerprint density at radius 2 is 2.09 bits per heavy atom. The average Bonchev–Trinajstić information content (AvgIpc) is 3.36. The minimum Gasteiger partial charge on any atom is -0.396 e. The molecule has 1 saturated carbocycles. The molecule has 0 saturated heterocycles. The first-order chi connectivity index (χ1) is 11.2. The van der Waals surface area contributed by atoms with Crippen molar-refractivity contribution in [3.05, 3.63) is 40.5 Å². The lowest BCUT2D eigenvalue weighted by atomic mass is 10.2. The number of hydrogen-bond acceptors (Lipinski definition) is 5. The van der Waals surface area contributed by atoms with Crippen LogP contribution in [0.15, 0.2) is 24.3 Å². The predicted molar refractivity (Wildman–Crippen MR) is 93.7 cm³/mol. The average molecular weight is 333 g/mol. The van der Waals surface area contributed by atoms with Crippen LogP contribution in [-0.2, 0) is 0 Å². The molecule has 1 aromatic heterocycles. The molecule has 1 heterocycles. The zero-order chi connectivity index (χ0) is 16.2. The summed E-state index contributed by atoms with van der Waals surface area (Å²) in [6, 6.07) is 7.87. The molecule has 1 aromatic carbocycles. The molecule has 3 N–H and O–H groups in total. The fraction of sp³-hybridized carbons (Fsp3) is 0.412. The summed E-state index contributed by atoms with van der Waals surface area (Å²) in [6.45, 7) is 2.79. The van der Waals surface area contributed by atoms with Crippen molar-refractivity contribution in [3.63, 3.8) is 0 Å². The summed E-state index contributed by atoms with van der Waals surface area (Å²) in [5.74, 6) is 1.90. The Morgan fingerprint density at radius 3 is 2.78 bits per heavy atom. The number of nitrogens with one attached hydrogen (secondary N) is 2. The molecule has 2 aromatic rings. The van der Waals surface area contributed by atoms with Crippen molar-refractivity contribution in [1.29, 1.82) is 0 Å². The zero-order valence-corrected chi connectivity index (χ0v) is 13.9. The van der Waals surface area contributed by atoms with Crippen LogP contribution >= 0.6 is 11.6 Å². The van der Waals surface area contributed by atoms with E-state index < -0.39 is 0 Å². The summed E-state index contributed by atoms with van der Waals surface area (Å²) >= 11 is 6.18. The highest BCUT2D eigenvalue weighted by Gasteiger charge is 2.26. The summed E-state index contributed by atoms with van der Waals surface area (Å²) in [5.41, 5.74) is 3.01. The van der Waals surface area contributed by atoms with Crippen molar-refractivity contribution >= 4 is 29.1 Å². The second kappa shape index (κ2) is 7.15. The van der Waals surface area contributed by atoms with Gasteiger partial charge in [0.25, 0.3) is 0 Å². The monoisotopic (exact) mass is 332 g/mol. The number of hydrogen-bond donors (Lipinski definition) is 3. The van der Waals surface area contributed by atoms with Gasteiger partial charge in [0.1, 0.15) is 5.82 Å². The van der Waals surface area contributed by atoms with Crippen molar-refractivity contribution in [3.8, 4) is 0 Å². The molecule has 5 nitrogen and oxygen atoms in total. The molecule has 0 spiro atoms. The lowest BCUT2D eigenvalue weighted by Gasteiger charge is -2.11. The second-order valence-electron chi connectivity index (χ2n) is 5.87. The third-order valence-electron chi connectivity index (χ3n) is 3.80. The predicted octanol–water partition coefficient (Wildman–Crippen LogP) is 3.85. The highest BCUT2D eigenvalue weighted by Crippen LogP contribution is 2.40. The topological polar surface area (TPSA) is 70.1 Å². The molecule has 1 aliphatic carbocycles. The molecule has 6 heteroatoms. The zero-order valence-electron chi connectivity index (χ0n) is 13.1. The van der Waals surface area contributed by atoms with E-state index in [1.165, 1.54) is 12.8 Å². The number of aryl methyl sites for hydroxylation is 1. The van der Waals surface area contributed by atoms with Crippen LogP contribution in [0.25, 0.3) is 0 Å². The summed E-state index contributed by atoms with van der Waals surface area (Å²) < 4.78 is 0. The molecule has 0 atom stereocenters. The van der Waals surface area contributed by atoms with Gasteiger partial charge >= 0.3 is 0 Å². The molecular formula is C17H21ClN4O. The molecular weight excluding hydrogens is 312 g/mol. The number of aliphatic hydroxyl groups is 1. The largest absolute Gasteiger partial charge is 0.396 e. The van der Waals surface area contributed by atoms with Gasteiger partial charge in [0, 0.05) is 35.8 Å². The fourth-order valence-electron chi connectivity index (χ4n) is 2.30. The molecule has 0 radical (unpaired) electrons. The van der Waals surface area contributed by atoms with Gasteiger partial charge in [-0.2, -0.15) is 4.98 Å². The van der Waals surface area contributed by atoms with E-state index in [9.17, 15) is 0 Å². The first kappa shape index (κ1) is 16.0. The molecule has 3 rings (SSSR count). The minimum atomic E-state index is 0.155. The van der Waals surface area contributed by atoms with E-state index in [0.29, 0.717) is 24.8 Å². The van der Waals surface area contributed by atoms with Crippen LogP contribution in [0.5, 0.6) is 0 Å². The Bertz CT molecular complexity index is 688. The minimum absolute atomic E-state index is 0.155. The number of benzene rings is 1. The molecule has 0 aliphatic heterocycles. The Morgan fingerprint density at radius 1 is 1.26 bits per heavy atom. The molecule has 0 amide bonds. The smallest absolute Gasteiger partial charge is 0.224 e. The van der Waals surface area contributed by atoms with E-state index >= 15 is 0 Å². The summed E-state index contributed by atoms with van der Waals surface area (Å²) in [5, 5.41) is 16.1. The summed E-state index contributed by atoms with van der Waals surface area (Å²) in [4.78, 5) is 9.08. The van der Waals surface area contributed by atoms with Crippen LogP contribution in [0.4, 0.5) is 17.5 Å². The quantitative estimate of drug-likeness (QED) is 0.672. The van der Waals surface area contributed by atoms with Crippen LogP contribution in [0, 0.1) is 6.92 Å². The van der Waals surface area contributed by atoms with Crippen molar-refractivity contribution in [2.45, 2.75) is 32.1 Å². The van der Waals surface area contributed by atoms with Crippen LogP contribution in [0.2, 0.25) is 5.02 Å². The number of halogens is 1. The van der Waals surface area contributed by atoms with Gasteiger partial charge in [0.2, 0.25) is 5.95 Å². The molecule has 23 heavy (non-hydrogen) atoms. The third-order valence-corrected chi connectivity index (χ3v) is 4.21. The highest BCUT2D eigenvalue weighted by atomic mass is 35.5. The van der Waals surface area contributed by atoms with Crippen molar-refractivity contribution in [2.75, 3.05) is 23.8 Å². The van der Waals surface area contributed by atoms with Crippen molar-refractivity contribution in [1.82, 2.24) is 9.97 Å².